The van der Waals surface area contributed by atoms with Gasteiger partial charge in [0.05, 0.1) is 19.0 Å². The third-order valence-electron chi connectivity index (χ3n) is 4.16. The van der Waals surface area contributed by atoms with Crippen molar-refractivity contribution in [2.75, 3.05) is 12.4 Å². The van der Waals surface area contributed by atoms with E-state index in [1.807, 2.05) is 35.0 Å². The minimum absolute atomic E-state index is 0.305. The fourth-order valence-corrected chi connectivity index (χ4v) is 2.92. The summed E-state index contributed by atoms with van der Waals surface area (Å²) in [7, 11) is 1.32. The molecule has 3 rings (SSSR count). The van der Waals surface area contributed by atoms with Gasteiger partial charge in [0, 0.05) is 30.3 Å². The minimum atomic E-state index is -0.461. The van der Waals surface area contributed by atoms with E-state index in [0.717, 1.165) is 5.56 Å². The molecule has 2 aromatic heterocycles. The number of carbonyl (C=O) groups is 2. The van der Waals surface area contributed by atoms with Gasteiger partial charge in [0.15, 0.2) is 0 Å². The molecule has 0 aliphatic carbocycles. The van der Waals surface area contributed by atoms with E-state index in [2.05, 4.69) is 15.3 Å². The van der Waals surface area contributed by atoms with Gasteiger partial charge in [-0.3, -0.25) is 4.79 Å². The summed E-state index contributed by atoms with van der Waals surface area (Å²) in [6.07, 6.45) is 5.34. The van der Waals surface area contributed by atoms with E-state index in [1.54, 1.807) is 26.4 Å². The minimum Gasteiger partial charge on any atom is -0.465 e. The van der Waals surface area contributed by atoms with Crippen molar-refractivity contribution in [1.29, 1.82) is 0 Å². The molecule has 0 spiro atoms. The van der Waals surface area contributed by atoms with Gasteiger partial charge in [-0.15, -0.1) is 0 Å². The van der Waals surface area contributed by atoms with Gasteiger partial charge in [0.1, 0.15) is 5.69 Å². The lowest BCUT2D eigenvalue weighted by molar-refractivity contribution is 0.0599. The van der Waals surface area contributed by atoms with Crippen LogP contribution >= 0.6 is 0 Å². The number of H-pyrrole nitrogens is 1. The number of anilines is 1. The zero-order valence-electron chi connectivity index (χ0n) is 14.9. The number of methoxy groups -OCH3 is 1. The summed E-state index contributed by atoms with van der Waals surface area (Å²) in [4.78, 5) is 31.5. The summed E-state index contributed by atoms with van der Waals surface area (Å²) in [6.45, 7) is 4.12. The van der Waals surface area contributed by atoms with E-state index >= 15 is 0 Å². The second-order valence-electron chi connectivity index (χ2n) is 6.01. The Morgan fingerprint density at radius 2 is 2.12 bits per heavy atom. The molecule has 2 heterocycles. The number of esters is 1. The zero-order chi connectivity index (χ0) is 18.7. The molecule has 3 aromatic rings. The first-order valence-corrected chi connectivity index (χ1v) is 8.13. The topological polar surface area (TPSA) is 89.0 Å². The molecular weight excluding hydrogens is 332 g/mol. The van der Waals surface area contributed by atoms with Crippen LogP contribution in [0.5, 0.6) is 0 Å². The van der Waals surface area contributed by atoms with Crippen molar-refractivity contribution >= 4 is 17.6 Å². The van der Waals surface area contributed by atoms with Gasteiger partial charge in [-0.05, 0) is 37.1 Å². The van der Waals surface area contributed by atoms with Crippen molar-refractivity contribution in [3.63, 3.8) is 0 Å². The molecule has 0 saturated carbocycles. The Kier molecular flexibility index (Phi) is 4.88. The van der Waals surface area contributed by atoms with Gasteiger partial charge in [0.2, 0.25) is 0 Å². The van der Waals surface area contributed by atoms with E-state index in [-0.39, 0.29) is 5.91 Å². The van der Waals surface area contributed by atoms with E-state index in [9.17, 15) is 9.59 Å². The van der Waals surface area contributed by atoms with Gasteiger partial charge >= 0.3 is 5.97 Å². The van der Waals surface area contributed by atoms with E-state index in [4.69, 9.17) is 4.74 Å². The number of nitrogens with zero attached hydrogens (tertiary/aromatic N) is 2. The Balaban J connectivity index is 1.79. The van der Waals surface area contributed by atoms with Crippen LogP contribution in [0.15, 0.2) is 43.0 Å². The number of rotatable bonds is 5. The zero-order valence-corrected chi connectivity index (χ0v) is 14.9. The van der Waals surface area contributed by atoms with Crippen molar-refractivity contribution in [1.82, 2.24) is 14.5 Å². The van der Waals surface area contributed by atoms with Crippen LogP contribution < -0.4 is 5.32 Å². The Bertz CT molecular complexity index is 942. The average Bonchev–Trinajstić information content (AvgIpc) is 3.22. The maximum atomic E-state index is 12.6. The lowest BCUT2D eigenvalue weighted by atomic mass is 10.1. The first-order valence-electron chi connectivity index (χ1n) is 8.13. The first-order chi connectivity index (χ1) is 12.5. The molecule has 0 aliphatic rings. The van der Waals surface area contributed by atoms with Crippen LogP contribution in [0.2, 0.25) is 0 Å². The number of carbonyl (C=O) groups excluding carboxylic acids is 2. The summed E-state index contributed by atoms with van der Waals surface area (Å²) in [6, 6.07) is 7.59. The van der Waals surface area contributed by atoms with E-state index in [0.29, 0.717) is 34.7 Å². The van der Waals surface area contributed by atoms with E-state index in [1.165, 1.54) is 7.11 Å². The number of hydrogen-bond acceptors (Lipinski definition) is 4. The Morgan fingerprint density at radius 3 is 2.81 bits per heavy atom. The molecule has 7 heteroatoms. The van der Waals surface area contributed by atoms with Gasteiger partial charge in [-0.1, -0.05) is 12.1 Å². The van der Waals surface area contributed by atoms with Crippen molar-refractivity contribution in [3.8, 4) is 0 Å². The van der Waals surface area contributed by atoms with Crippen LogP contribution in [0.3, 0.4) is 0 Å². The molecule has 0 atom stereocenters. The van der Waals surface area contributed by atoms with Crippen LogP contribution in [-0.2, 0) is 11.3 Å². The normalized spacial score (nSPS) is 10.6. The molecule has 2 N–H and O–H groups in total. The number of aromatic nitrogens is 3. The van der Waals surface area contributed by atoms with Gasteiger partial charge in [-0.2, -0.15) is 0 Å². The summed E-state index contributed by atoms with van der Waals surface area (Å²) in [5.41, 5.74) is 3.64. The molecule has 1 amide bonds. The van der Waals surface area contributed by atoms with Gasteiger partial charge < -0.3 is 19.6 Å². The average molecular weight is 352 g/mol. The van der Waals surface area contributed by atoms with Gasteiger partial charge in [0.25, 0.3) is 5.91 Å². The lowest BCUT2D eigenvalue weighted by Crippen LogP contribution is -2.14. The highest BCUT2D eigenvalue weighted by molar-refractivity contribution is 6.06. The molecule has 1 aromatic carbocycles. The highest BCUT2D eigenvalue weighted by Gasteiger charge is 2.22. The molecule has 26 heavy (non-hydrogen) atoms. The predicted octanol–water partition coefficient (Wildman–Crippen LogP) is 2.92. The summed E-state index contributed by atoms with van der Waals surface area (Å²) >= 11 is 0. The second-order valence-corrected chi connectivity index (χ2v) is 6.01. The second kappa shape index (κ2) is 7.26. The SMILES string of the molecule is COC(=O)c1c(C)[nH]c(C(=O)Nc2cccc(Cn3ccnc3)c2)c1C. The molecule has 0 saturated heterocycles. The number of amides is 1. The predicted molar refractivity (Wildman–Crippen MR) is 97.3 cm³/mol. The maximum absolute atomic E-state index is 12.6. The van der Waals surface area contributed by atoms with Gasteiger partial charge in [-0.25, -0.2) is 9.78 Å². The summed E-state index contributed by atoms with van der Waals surface area (Å²) in [5, 5.41) is 2.87. The number of aryl methyl sites for hydroxylation is 1. The monoisotopic (exact) mass is 352 g/mol. The van der Waals surface area contributed by atoms with Crippen molar-refractivity contribution in [2.45, 2.75) is 20.4 Å². The molecule has 0 aliphatic heterocycles. The highest BCUT2D eigenvalue weighted by atomic mass is 16.5. The molecule has 0 fully saturated rings. The van der Waals surface area contributed by atoms with Crippen molar-refractivity contribution < 1.29 is 14.3 Å². The Labute approximate surface area is 151 Å². The number of benzene rings is 1. The van der Waals surface area contributed by atoms with E-state index < -0.39 is 5.97 Å². The maximum Gasteiger partial charge on any atom is 0.339 e. The number of ether oxygens (including phenoxy) is 1. The summed E-state index contributed by atoms with van der Waals surface area (Å²) in [5.74, 6) is -0.766. The molecule has 0 bridgehead atoms. The van der Waals surface area contributed by atoms with Crippen LogP contribution in [0.25, 0.3) is 0 Å². The van der Waals surface area contributed by atoms with Crippen LogP contribution in [0.4, 0.5) is 5.69 Å². The number of aromatic amines is 1. The number of nitrogens with one attached hydrogen (secondary N) is 2. The van der Waals surface area contributed by atoms with Crippen LogP contribution in [0.1, 0.15) is 37.7 Å². The molecule has 7 nitrogen and oxygen atoms in total. The number of hydrogen-bond donors (Lipinski definition) is 2. The highest BCUT2D eigenvalue weighted by Crippen LogP contribution is 2.20. The third kappa shape index (κ3) is 3.51. The molecule has 0 unspecified atom stereocenters. The molecule has 134 valence electrons. The quantitative estimate of drug-likeness (QED) is 0.691. The van der Waals surface area contributed by atoms with Crippen LogP contribution in [0, 0.1) is 13.8 Å². The van der Waals surface area contributed by atoms with Crippen molar-refractivity contribution in [2.24, 2.45) is 0 Å². The standard InChI is InChI=1S/C19H20N4O3/c1-12-16(19(25)26-3)13(2)21-17(12)18(24)22-15-6-4-5-14(9-15)10-23-8-7-20-11-23/h4-9,11,21H,10H2,1-3H3,(H,22,24). The fourth-order valence-electron chi connectivity index (χ4n) is 2.92. The largest absolute Gasteiger partial charge is 0.465 e. The first kappa shape index (κ1) is 17.5. The molecular formula is C19H20N4O3. The number of imidazole rings is 1. The fraction of sp³-hybridized carbons (Fsp3) is 0.211. The van der Waals surface area contributed by atoms with Crippen molar-refractivity contribution in [3.05, 3.63) is 71.1 Å². The summed E-state index contributed by atoms with van der Waals surface area (Å²) < 4.78 is 6.72. The third-order valence-corrected chi connectivity index (χ3v) is 4.16. The Morgan fingerprint density at radius 1 is 1.31 bits per heavy atom. The molecule has 0 radical (unpaired) electrons. The smallest absolute Gasteiger partial charge is 0.339 e. The lowest BCUT2D eigenvalue weighted by Gasteiger charge is -2.08. The Hall–Kier alpha value is -3.35. The van der Waals surface area contributed by atoms with Crippen LogP contribution in [-0.4, -0.2) is 33.5 Å².